The molecular weight excluding hydrogens is 224 g/mol. The monoisotopic (exact) mass is 246 g/mol. The lowest BCUT2D eigenvalue weighted by Gasteiger charge is -2.37. The predicted octanol–water partition coefficient (Wildman–Crippen LogP) is 1.02. The fourth-order valence-electron chi connectivity index (χ4n) is 1.80. The summed E-state index contributed by atoms with van der Waals surface area (Å²) in [6.45, 7) is 9.32. The van der Waals surface area contributed by atoms with Crippen LogP contribution in [0.15, 0.2) is 0 Å². The average Bonchev–Trinajstić information content (AvgIpc) is 2.23. The molecule has 2 fully saturated rings. The van der Waals surface area contributed by atoms with Crippen LogP contribution >= 0.6 is 0 Å². The van der Waals surface area contributed by atoms with Crippen molar-refractivity contribution in [2.24, 2.45) is 10.8 Å². The zero-order valence-electron chi connectivity index (χ0n) is 10.7. The van der Waals surface area contributed by atoms with Gasteiger partial charge in [-0.2, -0.15) is 0 Å². The van der Waals surface area contributed by atoms with Crippen molar-refractivity contribution in [3.05, 3.63) is 0 Å². The maximum absolute atomic E-state index is 5.41. The molecule has 5 heteroatoms. The van der Waals surface area contributed by atoms with Crippen LogP contribution in [0.2, 0.25) is 0 Å². The average molecular weight is 246 g/mol. The number of hydrogen-bond donors (Lipinski definition) is 0. The van der Waals surface area contributed by atoms with E-state index < -0.39 is 0 Å². The van der Waals surface area contributed by atoms with Gasteiger partial charge in [0.05, 0.1) is 39.6 Å². The largest absolute Gasteiger partial charge is 0.380 e. The van der Waals surface area contributed by atoms with E-state index in [9.17, 15) is 0 Å². The highest BCUT2D eigenvalue weighted by Crippen LogP contribution is 2.27. The zero-order chi connectivity index (χ0) is 12.2. The fourth-order valence-corrected chi connectivity index (χ4v) is 1.80. The molecule has 0 bridgehead atoms. The molecule has 2 aliphatic rings. The third-order valence-electron chi connectivity index (χ3n) is 3.04. The molecule has 2 aliphatic heterocycles. The van der Waals surface area contributed by atoms with Gasteiger partial charge in [0.1, 0.15) is 13.6 Å². The van der Waals surface area contributed by atoms with Gasteiger partial charge >= 0.3 is 0 Å². The van der Waals surface area contributed by atoms with Crippen molar-refractivity contribution < 1.29 is 23.7 Å². The van der Waals surface area contributed by atoms with E-state index in [1.807, 2.05) is 0 Å². The molecule has 2 saturated heterocycles. The van der Waals surface area contributed by atoms with Crippen LogP contribution in [0.4, 0.5) is 0 Å². The standard InChI is InChI=1S/C12H22O5/c1-11(3-13-4-11)7-15-9-17-10-16-8-12(2)5-14-6-12/h3-10H2,1-2H3. The summed E-state index contributed by atoms with van der Waals surface area (Å²) < 4.78 is 26.3. The number of ether oxygens (including phenoxy) is 5. The third-order valence-corrected chi connectivity index (χ3v) is 3.04. The minimum atomic E-state index is 0.182. The molecule has 0 saturated carbocycles. The van der Waals surface area contributed by atoms with Crippen LogP contribution in [0, 0.1) is 10.8 Å². The molecule has 17 heavy (non-hydrogen) atoms. The molecule has 0 aromatic carbocycles. The van der Waals surface area contributed by atoms with E-state index in [4.69, 9.17) is 23.7 Å². The predicted molar refractivity (Wildman–Crippen MR) is 60.6 cm³/mol. The van der Waals surface area contributed by atoms with Gasteiger partial charge in [-0.15, -0.1) is 0 Å². The van der Waals surface area contributed by atoms with Crippen molar-refractivity contribution in [3.63, 3.8) is 0 Å². The van der Waals surface area contributed by atoms with Crippen LogP contribution < -0.4 is 0 Å². The van der Waals surface area contributed by atoms with Crippen LogP contribution in [-0.2, 0) is 23.7 Å². The summed E-state index contributed by atoms with van der Waals surface area (Å²) in [6, 6.07) is 0. The van der Waals surface area contributed by atoms with E-state index in [2.05, 4.69) is 13.8 Å². The Kier molecular flexibility index (Phi) is 4.38. The molecule has 0 atom stereocenters. The lowest BCUT2D eigenvalue weighted by Crippen LogP contribution is -2.44. The Morgan fingerprint density at radius 2 is 1.18 bits per heavy atom. The van der Waals surface area contributed by atoms with Crippen molar-refractivity contribution in [2.75, 3.05) is 53.2 Å². The zero-order valence-corrected chi connectivity index (χ0v) is 10.7. The van der Waals surface area contributed by atoms with Crippen molar-refractivity contribution >= 4 is 0 Å². The van der Waals surface area contributed by atoms with E-state index in [1.54, 1.807) is 0 Å². The van der Waals surface area contributed by atoms with E-state index in [0.717, 1.165) is 26.4 Å². The maximum Gasteiger partial charge on any atom is 0.149 e. The molecule has 100 valence electrons. The Morgan fingerprint density at radius 1 is 0.765 bits per heavy atom. The second-order valence-electron chi connectivity index (χ2n) is 5.74. The first kappa shape index (κ1) is 13.2. The van der Waals surface area contributed by atoms with Crippen LogP contribution in [0.25, 0.3) is 0 Å². The van der Waals surface area contributed by atoms with Gasteiger partial charge in [0.2, 0.25) is 0 Å². The molecule has 0 N–H and O–H groups in total. The van der Waals surface area contributed by atoms with Gasteiger partial charge in [-0.25, -0.2) is 0 Å². The summed E-state index contributed by atoms with van der Waals surface area (Å²) in [4.78, 5) is 0. The molecule has 0 aromatic rings. The van der Waals surface area contributed by atoms with E-state index in [0.29, 0.717) is 13.2 Å². The van der Waals surface area contributed by atoms with Crippen LogP contribution in [-0.4, -0.2) is 53.2 Å². The summed E-state index contributed by atoms with van der Waals surface area (Å²) in [5.74, 6) is 0. The Morgan fingerprint density at radius 3 is 1.47 bits per heavy atom. The van der Waals surface area contributed by atoms with Gasteiger partial charge in [-0.05, 0) is 0 Å². The first-order valence-corrected chi connectivity index (χ1v) is 6.01. The smallest absolute Gasteiger partial charge is 0.149 e. The summed E-state index contributed by atoms with van der Waals surface area (Å²) in [7, 11) is 0. The van der Waals surface area contributed by atoms with E-state index in [1.165, 1.54) is 0 Å². The summed E-state index contributed by atoms with van der Waals surface area (Å²) >= 11 is 0. The van der Waals surface area contributed by atoms with Crippen LogP contribution in [0.1, 0.15) is 13.8 Å². The van der Waals surface area contributed by atoms with Gasteiger partial charge in [0, 0.05) is 10.8 Å². The molecule has 2 heterocycles. The summed E-state index contributed by atoms with van der Waals surface area (Å²) in [6.07, 6.45) is 0. The highest BCUT2D eigenvalue weighted by molar-refractivity contribution is 4.80. The molecule has 5 nitrogen and oxygen atoms in total. The minimum absolute atomic E-state index is 0.182. The Balaban J connectivity index is 1.39. The molecule has 0 unspecified atom stereocenters. The van der Waals surface area contributed by atoms with Crippen molar-refractivity contribution in [1.29, 1.82) is 0 Å². The maximum atomic E-state index is 5.41. The van der Waals surface area contributed by atoms with Gasteiger partial charge < -0.3 is 23.7 Å². The van der Waals surface area contributed by atoms with Gasteiger partial charge in [0.15, 0.2) is 0 Å². The Labute approximate surface area is 102 Å². The SMILES string of the molecule is CC1(COCOCOCC2(C)COC2)COC1. The van der Waals surface area contributed by atoms with Crippen molar-refractivity contribution in [2.45, 2.75) is 13.8 Å². The van der Waals surface area contributed by atoms with E-state index >= 15 is 0 Å². The van der Waals surface area contributed by atoms with Crippen molar-refractivity contribution in [1.82, 2.24) is 0 Å². The minimum Gasteiger partial charge on any atom is -0.380 e. The van der Waals surface area contributed by atoms with Crippen molar-refractivity contribution in [3.8, 4) is 0 Å². The van der Waals surface area contributed by atoms with E-state index in [-0.39, 0.29) is 24.4 Å². The Bertz CT molecular complexity index is 211. The highest BCUT2D eigenvalue weighted by atomic mass is 16.7. The molecule has 0 aliphatic carbocycles. The van der Waals surface area contributed by atoms with Gasteiger partial charge in [-0.1, -0.05) is 13.8 Å². The second kappa shape index (κ2) is 5.63. The van der Waals surface area contributed by atoms with Crippen LogP contribution in [0.5, 0.6) is 0 Å². The number of rotatable bonds is 8. The quantitative estimate of drug-likeness (QED) is 0.473. The molecule has 0 spiro atoms. The van der Waals surface area contributed by atoms with Gasteiger partial charge in [0.25, 0.3) is 0 Å². The summed E-state index contributed by atoms with van der Waals surface area (Å²) in [5.41, 5.74) is 0.363. The lowest BCUT2D eigenvalue weighted by molar-refractivity contribution is -0.200. The third kappa shape index (κ3) is 3.89. The normalized spacial score (nSPS) is 25.1. The fraction of sp³-hybridized carbons (Fsp3) is 1.00. The molecule has 0 radical (unpaired) electrons. The lowest BCUT2D eigenvalue weighted by atomic mass is 9.90. The number of hydrogen-bond acceptors (Lipinski definition) is 5. The van der Waals surface area contributed by atoms with Gasteiger partial charge in [-0.3, -0.25) is 0 Å². The Hall–Kier alpha value is -0.200. The molecule has 0 aromatic heterocycles. The first-order chi connectivity index (χ1) is 8.12. The second-order valence-corrected chi connectivity index (χ2v) is 5.74. The highest BCUT2D eigenvalue weighted by Gasteiger charge is 2.34. The molecular formula is C12H22O5. The molecule has 2 rings (SSSR count). The topological polar surface area (TPSA) is 46.2 Å². The first-order valence-electron chi connectivity index (χ1n) is 6.01. The molecule has 0 amide bonds. The van der Waals surface area contributed by atoms with Crippen LogP contribution in [0.3, 0.4) is 0 Å². The summed E-state index contributed by atoms with van der Waals surface area (Å²) in [5, 5.41) is 0.